The van der Waals surface area contributed by atoms with Crippen LogP contribution in [0.15, 0.2) is 68.3 Å². The van der Waals surface area contributed by atoms with Crippen LogP contribution in [0.2, 0.25) is 18.1 Å². The van der Waals surface area contributed by atoms with Gasteiger partial charge in [-0.2, -0.15) is 0 Å². The zero-order valence-electron chi connectivity index (χ0n) is 11.3. The van der Waals surface area contributed by atoms with Crippen molar-refractivity contribution >= 4 is 13.9 Å². The van der Waals surface area contributed by atoms with Crippen molar-refractivity contribution < 1.29 is 0 Å². The fourth-order valence-electron chi connectivity index (χ4n) is 2.39. The first-order chi connectivity index (χ1) is 8.70. The summed E-state index contributed by atoms with van der Waals surface area (Å²) in [7, 11) is 0.532. The van der Waals surface area contributed by atoms with Crippen LogP contribution >= 0.6 is 0 Å². The summed E-state index contributed by atoms with van der Waals surface area (Å²) < 4.78 is 2.46. The molecule has 1 nitrogen and oxygen atoms in total. The van der Waals surface area contributed by atoms with Crippen LogP contribution in [-0.4, -0.2) is 15.3 Å². The van der Waals surface area contributed by atoms with Crippen LogP contribution in [0.3, 0.4) is 0 Å². The highest BCUT2D eigenvalue weighted by Crippen LogP contribution is 2.30. The summed E-state index contributed by atoms with van der Waals surface area (Å²) in [5, 5.41) is 0. The molecule has 96 valence electrons. The quantitative estimate of drug-likeness (QED) is 0.485. The van der Waals surface area contributed by atoms with Gasteiger partial charge in [0.25, 0.3) is 0 Å². The first-order valence-corrected chi connectivity index (χ1v) is 8.88. The average molecular weight is 257 g/mol. The summed E-state index contributed by atoms with van der Waals surface area (Å²) in [5.41, 5.74) is 1.27. The second-order valence-electron chi connectivity index (χ2n) is 4.60. The van der Waals surface area contributed by atoms with Crippen molar-refractivity contribution in [1.29, 1.82) is 0 Å². The maximum atomic E-state index is 3.93. The molecule has 18 heavy (non-hydrogen) atoms. The molecule has 0 saturated carbocycles. The number of anilines is 1. The number of hydrogen-bond acceptors (Lipinski definition) is 1. The first kappa shape index (κ1) is 14.5. The van der Waals surface area contributed by atoms with Crippen LogP contribution in [0.1, 0.15) is 0 Å². The second-order valence-corrected chi connectivity index (χ2v) is 8.94. The molecule has 0 radical (unpaired) electrons. The molecule has 0 atom stereocenters. The first-order valence-electron chi connectivity index (χ1n) is 6.32. The van der Waals surface area contributed by atoms with Crippen molar-refractivity contribution in [1.82, 2.24) is 0 Å². The Morgan fingerprint density at radius 2 is 1.39 bits per heavy atom. The molecule has 0 aliphatic heterocycles. The van der Waals surface area contributed by atoms with Gasteiger partial charge in [-0.05, 0) is 37.3 Å². The molecule has 0 bridgehead atoms. The van der Waals surface area contributed by atoms with E-state index in [0.717, 1.165) is 18.1 Å². The van der Waals surface area contributed by atoms with Crippen LogP contribution in [0.25, 0.3) is 0 Å². The van der Waals surface area contributed by atoms with E-state index in [9.17, 15) is 0 Å². The topological polar surface area (TPSA) is 3.24 Å². The Labute approximate surface area is 112 Å². The van der Waals surface area contributed by atoms with E-state index in [1.54, 1.807) is 0 Å². The minimum absolute atomic E-state index is 1.05. The fourth-order valence-corrected chi connectivity index (χ4v) is 6.02. The second kappa shape index (κ2) is 7.02. The van der Waals surface area contributed by atoms with Crippen molar-refractivity contribution in [3.63, 3.8) is 0 Å². The van der Waals surface area contributed by atoms with Gasteiger partial charge in [0.15, 0.2) is 8.24 Å². The average Bonchev–Trinajstić information content (AvgIpc) is 2.39. The maximum absolute atomic E-state index is 3.93. The molecule has 0 fully saturated rings. The lowest BCUT2D eigenvalue weighted by Crippen LogP contribution is -2.50. The molecular formula is C16H23NSi. The Morgan fingerprint density at radius 3 is 1.78 bits per heavy atom. The summed E-state index contributed by atoms with van der Waals surface area (Å²) >= 11 is 0. The number of nitrogens with zero attached hydrogens (tertiary/aromatic N) is 1. The SMILES string of the molecule is C=CC[Si](CC=C)(CC=C)N(C)c1ccccc1. The Bertz CT molecular complexity index is 370. The largest absolute Gasteiger partial charge is 0.399 e. The lowest BCUT2D eigenvalue weighted by atomic mass is 10.3. The molecule has 0 saturated heterocycles. The van der Waals surface area contributed by atoms with E-state index < -0.39 is 8.24 Å². The van der Waals surface area contributed by atoms with Crippen molar-refractivity contribution in [2.24, 2.45) is 0 Å². The van der Waals surface area contributed by atoms with Gasteiger partial charge in [0.1, 0.15) is 0 Å². The predicted octanol–water partition coefficient (Wildman–Crippen LogP) is 4.63. The van der Waals surface area contributed by atoms with E-state index in [2.05, 4.69) is 61.7 Å². The molecule has 0 aliphatic carbocycles. The standard InChI is InChI=1S/C16H23NSi/c1-5-13-18(14-6-2,15-7-3)17(4)16-11-9-8-10-12-16/h5-12H,1-3,13-15H2,4H3. The van der Waals surface area contributed by atoms with Gasteiger partial charge < -0.3 is 4.57 Å². The van der Waals surface area contributed by atoms with E-state index in [1.165, 1.54) is 5.69 Å². The van der Waals surface area contributed by atoms with Crippen molar-refractivity contribution in [2.75, 3.05) is 11.6 Å². The fraction of sp³-hybridized carbons (Fsp3) is 0.250. The van der Waals surface area contributed by atoms with E-state index in [0.29, 0.717) is 0 Å². The van der Waals surface area contributed by atoms with Gasteiger partial charge in [-0.3, -0.25) is 0 Å². The molecule has 0 N–H and O–H groups in total. The van der Waals surface area contributed by atoms with Gasteiger partial charge in [-0.15, -0.1) is 19.7 Å². The van der Waals surface area contributed by atoms with Gasteiger partial charge in [0.05, 0.1) is 0 Å². The van der Waals surface area contributed by atoms with Crippen LogP contribution in [0.4, 0.5) is 5.69 Å². The van der Waals surface area contributed by atoms with E-state index in [4.69, 9.17) is 0 Å². The van der Waals surface area contributed by atoms with Gasteiger partial charge in [-0.25, -0.2) is 0 Å². The van der Waals surface area contributed by atoms with Crippen molar-refractivity contribution in [2.45, 2.75) is 18.1 Å². The van der Waals surface area contributed by atoms with E-state index >= 15 is 0 Å². The molecule has 1 aromatic rings. The molecule has 0 amide bonds. The molecule has 1 aromatic carbocycles. The Balaban J connectivity index is 3.10. The normalized spacial score (nSPS) is 10.7. The number of hydrogen-bond donors (Lipinski definition) is 0. The molecule has 0 aliphatic rings. The Morgan fingerprint density at radius 1 is 0.944 bits per heavy atom. The highest BCUT2D eigenvalue weighted by atomic mass is 28.3. The summed E-state index contributed by atoms with van der Waals surface area (Å²) in [6.07, 6.45) is 6.12. The third-order valence-electron chi connectivity index (χ3n) is 3.43. The summed E-state index contributed by atoms with van der Waals surface area (Å²) in [6, 6.07) is 13.7. The summed E-state index contributed by atoms with van der Waals surface area (Å²) in [4.78, 5) is 0. The maximum Gasteiger partial charge on any atom is 0.167 e. The monoisotopic (exact) mass is 257 g/mol. The van der Waals surface area contributed by atoms with Crippen LogP contribution in [0, 0.1) is 0 Å². The number of allylic oxidation sites excluding steroid dienone is 3. The summed E-state index contributed by atoms with van der Waals surface area (Å²) in [6.45, 7) is 11.8. The minimum atomic E-state index is -1.66. The zero-order valence-corrected chi connectivity index (χ0v) is 12.3. The molecule has 2 heteroatoms. The van der Waals surface area contributed by atoms with E-state index in [-0.39, 0.29) is 0 Å². The smallest absolute Gasteiger partial charge is 0.167 e. The Kier molecular flexibility index (Phi) is 5.66. The molecule has 1 rings (SSSR count). The number of para-hydroxylation sites is 1. The minimum Gasteiger partial charge on any atom is -0.399 e. The van der Waals surface area contributed by atoms with Crippen molar-refractivity contribution in [3.05, 3.63) is 68.3 Å². The van der Waals surface area contributed by atoms with Gasteiger partial charge in [0, 0.05) is 5.69 Å². The molecule has 0 aromatic heterocycles. The van der Waals surface area contributed by atoms with Crippen LogP contribution in [0.5, 0.6) is 0 Å². The van der Waals surface area contributed by atoms with Gasteiger partial charge >= 0.3 is 0 Å². The highest BCUT2D eigenvalue weighted by molar-refractivity contribution is 6.84. The Hall–Kier alpha value is -1.54. The summed E-state index contributed by atoms with van der Waals surface area (Å²) in [5.74, 6) is 0. The zero-order chi connectivity index (χ0) is 13.4. The van der Waals surface area contributed by atoms with Gasteiger partial charge in [0.2, 0.25) is 0 Å². The lowest BCUT2D eigenvalue weighted by molar-refractivity contribution is 1.16. The highest BCUT2D eigenvalue weighted by Gasteiger charge is 2.34. The van der Waals surface area contributed by atoms with Crippen molar-refractivity contribution in [3.8, 4) is 0 Å². The lowest BCUT2D eigenvalue weighted by Gasteiger charge is -2.40. The molecular weight excluding hydrogens is 234 g/mol. The van der Waals surface area contributed by atoms with Crippen LogP contribution in [-0.2, 0) is 0 Å². The molecule has 0 heterocycles. The molecule has 0 spiro atoms. The third kappa shape index (κ3) is 3.23. The van der Waals surface area contributed by atoms with Gasteiger partial charge in [-0.1, -0.05) is 36.4 Å². The third-order valence-corrected chi connectivity index (χ3v) is 8.25. The number of rotatable bonds is 8. The molecule has 0 unspecified atom stereocenters. The predicted molar refractivity (Wildman–Crippen MR) is 85.6 cm³/mol. The van der Waals surface area contributed by atoms with E-state index in [1.807, 2.05) is 18.2 Å². The van der Waals surface area contributed by atoms with Crippen LogP contribution < -0.4 is 4.57 Å². The number of benzene rings is 1.